The molecule has 0 amide bonds. The molecule has 0 spiro atoms. The summed E-state index contributed by atoms with van der Waals surface area (Å²) >= 11 is 0. The molecule has 9 heavy (non-hydrogen) atoms. The SMILES string of the molecule is C#[N+]C12CCC(CC1)C2. The van der Waals surface area contributed by atoms with Gasteiger partial charge in [0.15, 0.2) is 0 Å². The Morgan fingerprint density at radius 3 is 2.22 bits per heavy atom. The van der Waals surface area contributed by atoms with E-state index in [1.165, 1.54) is 32.1 Å². The Morgan fingerprint density at radius 2 is 2.00 bits per heavy atom. The van der Waals surface area contributed by atoms with Crippen LogP contribution in [0.25, 0.3) is 4.85 Å². The topological polar surface area (TPSA) is 4.36 Å². The van der Waals surface area contributed by atoms with Crippen molar-refractivity contribution in [2.45, 2.75) is 37.6 Å². The van der Waals surface area contributed by atoms with Gasteiger partial charge in [-0.15, -0.1) is 0 Å². The second-order valence-electron chi connectivity index (χ2n) is 3.50. The average molecular weight is 122 g/mol. The van der Waals surface area contributed by atoms with Gasteiger partial charge < -0.3 is 0 Å². The fourth-order valence-corrected chi connectivity index (χ4v) is 2.34. The minimum atomic E-state index is 0.255. The van der Waals surface area contributed by atoms with Crippen molar-refractivity contribution in [3.05, 3.63) is 4.85 Å². The zero-order valence-electron chi connectivity index (χ0n) is 5.64. The Balaban J connectivity index is 2.25. The first-order chi connectivity index (χ1) is 4.35. The Hall–Kier alpha value is -0.510. The lowest BCUT2D eigenvalue weighted by Crippen LogP contribution is -2.15. The second kappa shape index (κ2) is 1.50. The van der Waals surface area contributed by atoms with Gasteiger partial charge in [-0.25, -0.2) is 0 Å². The lowest BCUT2D eigenvalue weighted by Gasteiger charge is -2.06. The third-order valence-corrected chi connectivity index (χ3v) is 2.98. The first kappa shape index (κ1) is 5.29. The van der Waals surface area contributed by atoms with E-state index in [4.69, 9.17) is 6.57 Å². The predicted octanol–water partition coefficient (Wildman–Crippen LogP) is 2.28. The van der Waals surface area contributed by atoms with E-state index >= 15 is 0 Å². The van der Waals surface area contributed by atoms with Crippen LogP contribution in [-0.2, 0) is 0 Å². The van der Waals surface area contributed by atoms with Gasteiger partial charge in [-0.3, -0.25) is 0 Å². The molecule has 0 N–H and O–H groups in total. The molecule has 2 aliphatic rings. The summed E-state index contributed by atoms with van der Waals surface area (Å²) in [5, 5.41) is 0. The molecule has 1 nitrogen and oxygen atoms in total. The first-order valence-corrected chi connectivity index (χ1v) is 3.77. The maximum atomic E-state index is 5.33. The molecule has 2 fully saturated rings. The van der Waals surface area contributed by atoms with Crippen LogP contribution in [0.2, 0.25) is 0 Å². The summed E-state index contributed by atoms with van der Waals surface area (Å²) < 4.78 is 0. The van der Waals surface area contributed by atoms with Gasteiger partial charge in [-0.05, 0) is 18.8 Å². The van der Waals surface area contributed by atoms with Gasteiger partial charge in [-0.1, -0.05) is 4.85 Å². The zero-order chi connectivity index (χ0) is 6.32. The fraction of sp³-hybridized carbons (Fsp3) is 0.875. The molecular weight excluding hydrogens is 110 g/mol. The van der Waals surface area contributed by atoms with Crippen LogP contribution in [0.1, 0.15) is 32.1 Å². The van der Waals surface area contributed by atoms with Crippen LogP contribution in [0.5, 0.6) is 0 Å². The molecule has 0 saturated heterocycles. The predicted molar refractivity (Wildman–Crippen MR) is 37.6 cm³/mol. The van der Waals surface area contributed by atoms with Gasteiger partial charge in [0.25, 0.3) is 12.1 Å². The van der Waals surface area contributed by atoms with Crippen molar-refractivity contribution in [2.75, 3.05) is 0 Å². The van der Waals surface area contributed by atoms with Crippen molar-refractivity contribution in [1.82, 2.24) is 0 Å². The maximum absolute atomic E-state index is 5.33. The summed E-state index contributed by atoms with van der Waals surface area (Å²) in [6.07, 6.45) is 6.55. The smallest absolute Gasteiger partial charge is 0.0804 e. The van der Waals surface area contributed by atoms with Crippen LogP contribution >= 0.6 is 0 Å². The van der Waals surface area contributed by atoms with Crippen LogP contribution in [0, 0.1) is 12.5 Å². The highest BCUT2D eigenvalue weighted by Crippen LogP contribution is 2.49. The van der Waals surface area contributed by atoms with Crippen molar-refractivity contribution >= 4 is 0 Å². The monoisotopic (exact) mass is 122 g/mol. The largest absolute Gasteiger partial charge is 0.281 e. The van der Waals surface area contributed by atoms with Crippen LogP contribution in [-0.4, -0.2) is 5.54 Å². The van der Waals surface area contributed by atoms with Crippen molar-refractivity contribution < 1.29 is 0 Å². The van der Waals surface area contributed by atoms with E-state index in [9.17, 15) is 0 Å². The molecule has 2 aliphatic carbocycles. The minimum Gasteiger partial charge on any atom is -0.0804 e. The Bertz CT molecular complexity index is 158. The molecule has 0 aromatic carbocycles. The van der Waals surface area contributed by atoms with E-state index in [1.807, 2.05) is 0 Å². The molecule has 2 bridgehead atoms. The van der Waals surface area contributed by atoms with Crippen LogP contribution < -0.4 is 0 Å². The summed E-state index contributed by atoms with van der Waals surface area (Å²) in [6, 6.07) is 0. The third-order valence-electron chi connectivity index (χ3n) is 2.98. The molecule has 0 aliphatic heterocycles. The molecule has 0 heterocycles. The second-order valence-corrected chi connectivity index (χ2v) is 3.50. The molecule has 0 radical (unpaired) electrons. The van der Waals surface area contributed by atoms with E-state index < -0.39 is 0 Å². The van der Waals surface area contributed by atoms with E-state index in [0.717, 1.165) is 5.92 Å². The molecule has 1 heteroatoms. The standard InChI is InChI=1S/C8H12N/c1-9-8-4-2-7(6-8)3-5-8/h1,7H,2-6H2/q+1. The van der Waals surface area contributed by atoms with Gasteiger partial charge in [0.1, 0.15) is 0 Å². The normalized spacial score (nSPS) is 47.2. The Kier molecular flexibility index (Phi) is 0.883. The molecule has 48 valence electrons. The number of nitrogens with zero attached hydrogens (tertiary/aromatic N) is 1. The number of fused-ring (bicyclic) bond motifs is 2. The van der Waals surface area contributed by atoms with Crippen LogP contribution in [0.3, 0.4) is 0 Å². The van der Waals surface area contributed by atoms with E-state index in [0.29, 0.717) is 0 Å². The minimum absolute atomic E-state index is 0.255. The summed E-state index contributed by atoms with van der Waals surface area (Å²) in [5.41, 5.74) is 0.255. The average Bonchev–Trinajstić information content (AvgIpc) is 2.46. The highest BCUT2D eigenvalue weighted by atomic mass is 14.8. The molecule has 2 saturated carbocycles. The number of rotatable bonds is 0. The van der Waals surface area contributed by atoms with Crippen molar-refractivity contribution in [3.63, 3.8) is 0 Å². The van der Waals surface area contributed by atoms with Crippen LogP contribution in [0.4, 0.5) is 0 Å². The van der Waals surface area contributed by atoms with E-state index in [1.54, 1.807) is 0 Å². The van der Waals surface area contributed by atoms with Gasteiger partial charge in [0, 0.05) is 19.3 Å². The van der Waals surface area contributed by atoms with Gasteiger partial charge in [0.2, 0.25) is 0 Å². The molecule has 0 atom stereocenters. The number of hydrogen-bond donors (Lipinski definition) is 0. The van der Waals surface area contributed by atoms with Crippen molar-refractivity contribution in [3.8, 4) is 6.57 Å². The maximum Gasteiger partial charge on any atom is 0.281 e. The first-order valence-electron chi connectivity index (χ1n) is 3.77. The summed E-state index contributed by atoms with van der Waals surface area (Å²) in [6.45, 7) is 5.33. The summed E-state index contributed by atoms with van der Waals surface area (Å²) in [4.78, 5) is 3.98. The molecule has 0 aromatic heterocycles. The zero-order valence-corrected chi connectivity index (χ0v) is 5.64. The summed E-state index contributed by atoms with van der Waals surface area (Å²) in [5.74, 6) is 0.970. The number of hydrogen-bond acceptors (Lipinski definition) is 0. The van der Waals surface area contributed by atoms with Crippen molar-refractivity contribution in [2.24, 2.45) is 5.92 Å². The van der Waals surface area contributed by atoms with Gasteiger partial charge in [0.05, 0.1) is 0 Å². The lowest BCUT2D eigenvalue weighted by molar-refractivity contribution is 0.469. The highest BCUT2D eigenvalue weighted by Gasteiger charge is 2.53. The van der Waals surface area contributed by atoms with Gasteiger partial charge >= 0.3 is 0 Å². The van der Waals surface area contributed by atoms with E-state index in [-0.39, 0.29) is 5.54 Å². The highest BCUT2D eigenvalue weighted by molar-refractivity contribution is 5.10. The van der Waals surface area contributed by atoms with Gasteiger partial charge in [-0.2, -0.15) is 0 Å². The molecule has 0 unspecified atom stereocenters. The summed E-state index contributed by atoms with van der Waals surface area (Å²) in [7, 11) is 0. The molecular formula is C8H12N+. The fourth-order valence-electron chi connectivity index (χ4n) is 2.34. The quantitative estimate of drug-likeness (QED) is 0.464. The Labute approximate surface area is 55.9 Å². The van der Waals surface area contributed by atoms with Crippen molar-refractivity contribution in [1.29, 1.82) is 0 Å². The molecule has 0 aromatic rings. The lowest BCUT2D eigenvalue weighted by atomic mass is 9.95. The molecule has 2 rings (SSSR count). The third kappa shape index (κ3) is 0.594. The van der Waals surface area contributed by atoms with E-state index in [2.05, 4.69) is 4.85 Å². The van der Waals surface area contributed by atoms with Crippen LogP contribution in [0.15, 0.2) is 0 Å². The Morgan fingerprint density at radius 1 is 1.33 bits per heavy atom.